The van der Waals surface area contributed by atoms with Crippen molar-refractivity contribution < 1.29 is 0 Å². The third-order valence-electron chi connectivity index (χ3n) is 3.46. The molecular formula is C12H15Cl2N. The lowest BCUT2D eigenvalue weighted by molar-refractivity contribution is 0.145. The molecule has 0 spiro atoms. The molecule has 1 aliphatic carbocycles. The van der Waals surface area contributed by atoms with E-state index in [1.54, 1.807) is 0 Å². The molecule has 1 fully saturated rings. The van der Waals surface area contributed by atoms with E-state index in [4.69, 9.17) is 28.9 Å². The Morgan fingerprint density at radius 1 is 1.20 bits per heavy atom. The number of nitrogens with two attached hydrogens (primary N) is 1. The van der Waals surface area contributed by atoms with E-state index in [-0.39, 0.29) is 5.41 Å². The highest BCUT2D eigenvalue weighted by Crippen LogP contribution is 2.44. The number of rotatable bonds is 3. The first-order chi connectivity index (χ1) is 7.17. The van der Waals surface area contributed by atoms with Gasteiger partial charge in [-0.3, -0.25) is 0 Å². The maximum atomic E-state index is 6.15. The molecule has 2 N–H and O–H groups in total. The van der Waals surface area contributed by atoms with Crippen LogP contribution in [0, 0.1) is 5.41 Å². The number of benzene rings is 1. The first-order valence-corrected chi connectivity index (χ1v) is 6.05. The fraction of sp³-hybridized carbons (Fsp3) is 0.500. The van der Waals surface area contributed by atoms with Crippen LogP contribution in [0.15, 0.2) is 18.2 Å². The van der Waals surface area contributed by atoms with Crippen molar-refractivity contribution in [2.75, 3.05) is 6.54 Å². The van der Waals surface area contributed by atoms with Crippen molar-refractivity contribution in [2.45, 2.75) is 25.7 Å². The smallest absolute Gasteiger partial charge is 0.0453 e. The molecule has 0 radical (unpaired) electrons. The van der Waals surface area contributed by atoms with Crippen molar-refractivity contribution >= 4 is 23.2 Å². The summed E-state index contributed by atoms with van der Waals surface area (Å²) >= 11 is 12.3. The predicted molar refractivity (Wildman–Crippen MR) is 65.5 cm³/mol. The van der Waals surface area contributed by atoms with Gasteiger partial charge in [-0.2, -0.15) is 0 Å². The normalized spacial score (nSPS) is 18.6. The van der Waals surface area contributed by atoms with E-state index < -0.39 is 0 Å². The molecule has 0 heterocycles. The fourth-order valence-electron chi connectivity index (χ4n) is 2.21. The van der Waals surface area contributed by atoms with Crippen LogP contribution in [0.2, 0.25) is 10.0 Å². The minimum atomic E-state index is 0.259. The Morgan fingerprint density at radius 2 is 1.80 bits per heavy atom. The standard InChI is InChI=1S/C12H15Cl2N/c13-10-3-1-4-11(14)9(10)7-12(8-15)5-2-6-12/h1,3-4H,2,5-8,15H2. The average molecular weight is 244 g/mol. The molecule has 1 nitrogen and oxygen atoms in total. The fourth-order valence-corrected chi connectivity index (χ4v) is 2.74. The molecule has 2 rings (SSSR count). The molecule has 0 saturated heterocycles. The van der Waals surface area contributed by atoms with Crippen LogP contribution in [0.25, 0.3) is 0 Å². The molecule has 1 aromatic carbocycles. The van der Waals surface area contributed by atoms with Crippen molar-refractivity contribution in [1.29, 1.82) is 0 Å². The van der Waals surface area contributed by atoms with Crippen molar-refractivity contribution in [2.24, 2.45) is 11.1 Å². The average Bonchev–Trinajstić information content (AvgIpc) is 2.15. The monoisotopic (exact) mass is 243 g/mol. The van der Waals surface area contributed by atoms with E-state index in [2.05, 4.69) is 0 Å². The lowest BCUT2D eigenvalue weighted by atomic mass is 9.65. The van der Waals surface area contributed by atoms with Crippen LogP contribution in [-0.2, 0) is 6.42 Å². The van der Waals surface area contributed by atoms with E-state index >= 15 is 0 Å². The van der Waals surface area contributed by atoms with Crippen LogP contribution in [0.1, 0.15) is 24.8 Å². The van der Waals surface area contributed by atoms with Gasteiger partial charge in [0.05, 0.1) is 0 Å². The second kappa shape index (κ2) is 4.32. The Labute approximate surface area is 101 Å². The summed E-state index contributed by atoms with van der Waals surface area (Å²) in [6.07, 6.45) is 4.59. The van der Waals surface area contributed by atoms with E-state index in [9.17, 15) is 0 Å². The summed E-state index contributed by atoms with van der Waals surface area (Å²) in [7, 11) is 0. The van der Waals surface area contributed by atoms with Crippen LogP contribution in [0.5, 0.6) is 0 Å². The molecule has 15 heavy (non-hydrogen) atoms. The number of halogens is 2. The molecule has 1 aromatic rings. The lowest BCUT2D eigenvalue weighted by Crippen LogP contribution is -2.39. The van der Waals surface area contributed by atoms with Gasteiger partial charge in [-0.15, -0.1) is 0 Å². The Kier molecular flexibility index (Phi) is 3.24. The molecule has 0 aromatic heterocycles. The van der Waals surface area contributed by atoms with Gasteiger partial charge in [0, 0.05) is 10.0 Å². The van der Waals surface area contributed by atoms with Gasteiger partial charge in [0.15, 0.2) is 0 Å². The topological polar surface area (TPSA) is 26.0 Å². The Bertz CT molecular complexity index is 333. The summed E-state index contributed by atoms with van der Waals surface area (Å²) in [5.74, 6) is 0. The maximum Gasteiger partial charge on any atom is 0.0453 e. The highest BCUT2D eigenvalue weighted by molar-refractivity contribution is 6.36. The molecular weight excluding hydrogens is 229 g/mol. The van der Waals surface area contributed by atoms with Crippen LogP contribution >= 0.6 is 23.2 Å². The Balaban J connectivity index is 2.23. The Morgan fingerprint density at radius 3 is 2.20 bits per heavy atom. The van der Waals surface area contributed by atoms with Gasteiger partial charge in [0.25, 0.3) is 0 Å². The van der Waals surface area contributed by atoms with Crippen LogP contribution in [0.3, 0.4) is 0 Å². The third kappa shape index (κ3) is 2.15. The minimum Gasteiger partial charge on any atom is -0.330 e. The molecule has 0 amide bonds. The summed E-state index contributed by atoms with van der Waals surface area (Å²) in [6, 6.07) is 5.67. The quantitative estimate of drug-likeness (QED) is 0.862. The van der Waals surface area contributed by atoms with Gasteiger partial charge in [-0.05, 0) is 48.9 Å². The Hall–Kier alpha value is -0.240. The zero-order valence-corrected chi connectivity index (χ0v) is 10.1. The highest BCUT2D eigenvalue weighted by atomic mass is 35.5. The molecule has 0 unspecified atom stereocenters. The molecule has 1 aliphatic rings. The van der Waals surface area contributed by atoms with E-state index in [0.29, 0.717) is 0 Å². The molecule has 0 bridgehead atoms. The zero-order chi connectivity index (χ0) is 10.9. The van der Waals surface area contributed by atoms with Crippen LogP contribution in [-0.4, -0.2) is 6.54 Å². The number of hydrogen-bond acceptors (Lipinski definition) is 1. The van der Waals surface area contributed by atoms with Gasteiger partial charge in [-0.25, -0.2) is 0 Å². The molecule has 0 aliphatic heterocycles. The van der Waals surface area contributed by atoms with Crippen molar-refractivity contribution in [3.63, 3.8) is 0 Å². The van der Waals surface area contributed by atoms with Gasteiger partial charge in [0.2, 0.25) is 0 Å². The summed E-state index contributed by atoms with van der Waals surface area (Å²) in [5, 5.41) is 1.53. The molecule has 1 saturated carbocycles. The van der Waals surface area contributed by atoms with Gasteiger partial charge >= 0.3 is 0 Å². The molecule has 3 heteroatoms. The predicted octanol–water partition coefficient (Wildman–Crippen LogP) is 3.66. The molecule has 82 valence electrons. The second-order valence-corrected chi connectivity index (χ2v) is 5.25. The van der Waals surface area contributed by atoms with Crippen molar-refractivity contribution in [1.82, 2.24) is 0 Å². The van der Waals surface area contributed by atoms with Crippen LogP contribution < -0.4 is 5.73 Å². The van der Waals surface area contributed by atoms with Gasteiger partial charge < -0.3 is 5.73 Å². The first-order valence-electron chi connectivity index (χ1n) is 5.30. The summed E-state index contributed by atoms with van der Waals surface area (Å²) < 4.78 is 0. The van der Waals surface area contributed by atoms with E-state index in [0.717, 1.165) is 28.6 Å². The maximum absolute atomic E-state index is 6.15. The van der Waals surface area contributed by atoms with Crippen molar-refractivity contribution in [3.8, 4) is 0 Å². The largest absolute Gasteiger partial charge is 0.330 e. The van der Waals surface area contributed by atoms with Gasteiger partial charge in [-0.1, -0.05) is 35.7 Å². The van der Waals surface area contributed by atoms with Gasteiger partial charge in [0.1, 0.15) is 0 Å². The summed E-state index contributed by atoms with van der Waals surface area (Å²) in [5.41, 5.74) is 7.15. The SMILES string of the molecule is NCC1(Cc2c(Cl)cccc2Cl)CCC1. The molecule has 0 atom stereocenters. The van der Waals surface area contributed by atoms with Crippen molar-refractivity contribution in [3.05, 3.63) is 33.8 Å². The third-order valence-corrected chi connectivity index (χ3v) is 4.17. The number of hydrogen-bond donors (Lipinski definition) is 1. The van der Waals surface area contributed by atoms with E-state index in [1.807, 2.05) is 18.2 Å². The minimum absolute atomic E-state index is 0.259. The second-order valence-electron chi connectivity index (χ2n) is 4.43. The zero-order valence-electron chi connectivity index (χ0n) is 8.60. The highest BCUT2D eigenvalue weighted by Gasteiger charge is 2.36. The summed E-state index contributed by atoms with van der Waals surface area (Å²) in [6.45, 7) is 0.731. The lowest BCUT2D eigenvalue weighted by Gasteiger charge is -2.41. The summed E-state index contributed by atoms with van der Waals surface area (Å²) in [4.78, 5) is 0. The first kappa shape index (κ1) is 11.3. The van der Waals surface area contributed by atoms with Crippen LogP contribution in [0.4, 0.5) is 0 Å². The van der Waals surface area contributed by atoms with E-state index in [1.165, 1.54) is 19.3 Å².